The third-order valence-electron chi connectivity index (χ3n) is 3.93. The number of hydrogen-bond acceptors (Lipinski definition) is 3. The normalized spacial score (nSPS) is 11.7. The lowest BCUT2D eigenvalue weighted by atomic mass is 10.2. The number of aromatic nitrogens is 2. The monoisotopic (exact) mass is 351 g/mol. The number of nitrogens with one attached hydrogen (secondary N) is 1. The van der Waals surface area contributed by atoms with Crippen molar-refractivity contribution in [1.82, 2.24) is 9.13 Å². The zero-order valence-corrected chi connectivity index (χ0v) is 13.6. The quantitative estimate of drug-likeness (QED) is 0.784. The molecular weight excluding hydrogens is 335 g/mol. The third-order valence-corrected chi connectivity index (χ3v) is 3.93. The number of halogens is 3. The van der Waals surface area contributed by atoms with Crippen molar-refractivity contribution in [3.05, 3.63) is 58.5 Å². The average molecular weight is 351 g/mol. The highest BCUT2D eigenvalue weighted by Gasteiger charge is 2.30. The van der Waals surface area contributed by atoms with Crippen LogP contribution in [0.15, 0.2) is 47.3 Å². The molecule has 0 aliphatic rings. The Kier molecular flexibility index (Phi) is 4.20. The molecule has 0 fully saturated rings. The predicted molar refractivity (Wildman–Crippen MR) is 88.6 cm³/mol. The molecule has 0 saturated carbocycles. The summed E-state index contributed by atoms with van der Waals surface area (Å²) in [6, 6.07) is 11.2. The molecule has 0 atom stereocenters. The summed E-state index contributed by atoms with van der Waals surface area (Å²) >= 11 is 0. The predicted octanol–water partition coefficient (Wildman–Crippen LogP) is 3.39. The number of anilines is 1. The van der Waals surface area contributed by atoms with Crippen molar-refractivity contribution in [3.63, 3.8) is 0 Å². The molecule has 1 N–H and O–H groups in total. The van der Waals surface area contributed by atoms with E-state index in [1.807, 2.05) is 18.2 Å². The number of imidazole rings is 1. The van der Waals surface area contributed by atoms with Gasteiger partial charge in [0, 0.05) is 26.3 Å². The molecule has 2 aromatic carbocycles. The lowest BCUT2D eigenvalue weighted by molar-refractivity contribution is -0.274. The van der Waals surface area contributed by atoms with E-state index in [0.717, 1.165) is 22.3 Å². The minimum atomic E-state index is -4.69. The first-order valence-corrected chi connectivity index (χ1v) is 7.48. The highest BCUT2D eigenvalue weighted by atomic mass is 19.4. The SMILES string of the molecule is Cn1c(=O)n(C)c2cc(NCc3ccc(OC(F)(F)F)cc3)ccc21. The molecule has 0 unspecified atom stereocenters. The van der Waals surface area contributed by atoms with Gasteiger partial charge in [0.15, 0.2) is 0 Å². The van der Waals surface area contributed by atoms with Crippen LogP contribution in [0.5, 0.6) is 5.75 Å². The van der Waals surface area contributed by atoms with Crippen molar-refractivity contribution >= 4 is 16.7 Å². The van der Waals surface area contributed by atoms with Crippen molar-refractivity contribution in [2.45, 2.75) is 12.9 Å². The van der Waals surface area contributed by atoms with Crippen LogP contribution >= 0.6 is 0 Å². The molecule has 1 aromatic heterocycles. The lowest BCUT2D eigenvalue weighted by Gasteiger charge is -2.10. The van der Waals surface area contributed by atoms with Crippen LogP contribution in [0, 0.1) is 0 Å². The van der Waals surface area contributed by atoms with Crippen molar-refractivity contribution in [3.8, 4) is 5.75 Å². The standard InChI is InChI=1S/C17H16F3N3O2/c1-22-14-8-5-12(9-15(14)23(2)16(22)24)21-10-11-3-6-13(7-4-11)25-17(18,19)20/h3-9,21H,10H2,1-2H3. The summed E-state index contributed by atoms with van der Waals surface area (Å²) in [5.74, 6) is -0.253. The summed E-state index contributed by atoms with van der Waals surface area (Å²) in [7, 11) is 3.41. The number of fused-ring (bicyclic) bond motifs is 1. The third kappa shape index (κ3) is 3.62. The van der Waals surface area contributed by atoms with Crippen molar-refractivity contribution < 1.29 is 17.9 Å². The maximum atomic E-state index is 12.1. The van der Waals surface area contributed by atoms with Gasteiger partial charge in [-0.25, -0.2) is 4.79 Å². The van der Waals surface area contributed by atoms with Crippen LogP contribution in [0.3, 0.4) is 0 Å². The van der Waals surface area contributed by atoms with Crippen LogP contribution < -0.4 is 15.7 Å². The van der Waals surface area contributed by atoms with Crippen LogP contribution in [-0.4, -0.2) is 15.5 Å². The number of alkyl halides is 3. The van der Waals surface area contributed by atoms with Gasteiger partial charge in [0.25, 0.3) is 0 Å². The van der Waals surface area contributed by atoms with Crippen LogP contribution in [0.25, 0.3) is 11.0 Å². The molecule has 132 valence electrons. The van der Waals surface area contributed by atoms with E-state index in [2.05, 4.69) is 10.1 Å². The Labute approximate surface area is 141 Å². The number of benzene rings is 2. The zero-order valence-electron chi connectivity index (χ0n) is 13.6. The van der Waals surface area contributed by atoms with Gasteiger partial charge in [-0.05, 0) is 35.9 Å². The van der Waals surface area contributed by atoms with Gasteiger partial charge in [-0.15, -0.1) is 13.2 Å². The van der Waals surface area contributed by atoms with Gasteiger partial charge in [-0.3, -0.25) is 9.13 Å². The van der Waals surface area contributed by atoms with Crippen LogP contribution in [0.2, 0.25) is 0 Å². The van der Waals surface area contributed by atoms with Gasteiger partial charge < -0.3 is 10.1 Å². The molecule has 0 bridgehead atoms. The van der Waals surface area contributed by atoms with E-state index in [0.29, 0.717) is 6.54 Å². The van der Waals surface area contributed by atoms with Gasteiger partial charge in [-0.1, -0.05) is 12.1 Å². The Morgan fingerprint density at radius 3 is 2.28 bits per heavy atom. The Bertz CT molecular complexity index is 956. The van der Waals surface area contributed by atoms with Gasteiger partial charge in [0.05, 0.1) is 11.0 Å². The highest BCUT2D eigenvalue weighted by molar-refractivity contribution is 5.80. The number of hydrogen-bond donors (Lipinski definition) is 1. The molecule has 1 heterocycles. The fourth-order valence-corrected chi connectivity index (χ4v) is 2.63. The summed E-state index contributed by atoms with van der Waals surface area (Å²) in [5, 5.41) is 3.19. The minimum absolute atomic E-state index is 0.104. The van der Waals surface area contributed by atoms with Gasteiger partial charge in [-0.2, -0.15) is 0 Å². The highest BCUT2D eigenvalue weighted by Crippen LogP contribution is 2.23. The second kappa shape index (κ2) is 6.19. The molecule has 0 saturated heterocycles. The first-order chi connectivity index (χ1) is 11.7. The molecule has 0 amide bonds. The molecule has 25 heavy (non-hydrogen) atoms. The Hall–Kier alpha value is -2.90. The molecule has 3 aromatic rings. The number of nitrogens with zero attached hydrogens (tertiary/aromatic N) is 2. The van der Waals surface area contributed by atoms with Crippen LogP contribution in [0.1, 0.15) is 5.56 Å². The van der Waals surface area contributed by atoms with E-state index in [4.69, 9.17) is 0 Å². The van der Waals surface area contributed by atoms with Crippen molar-refractivity contribution in [2.75, 3.05) is 5.32 Å². The van der Waals surface area contributed by atoms with E-state index in [9.17, 15) is 18.0 Å². The second-order valence-electron chi connectivity index (χ2n) is 5.65. The smallest absolute Gasteiger partial charge is 0.406 e. The molecule has 0 radical (unpaired) electrons. The largest absolute Gasteiger partial charge is 0.573 e. The molecule has 0 spiro atoms. The van der Waals surface area contributed by atoms with Crippen LogP contribution in [0.4, 0.5) is 18.9 Å². The van der Waals surface area contributed by atoms with E-state index < -0.39 is 6.36 Å². The van der Waals surface area contributed by atoms with Crippen LogP contribution in [-0.2, 0) is 20.6 Å². The van der Waals surface area contributed by atoms with E-state index in [-0.39, 0.29) is 11.4 Å². The summed E-state index contributed by atoms with van der Waals surface area (Å²) in [6.45, 7) is 0.429. The molecular formula is C17H16F3N3O2. The molecule has 0 aliphatic carbocycles. The van der Waals surface area contributed by atoms with Crippen molar-refractivity contribution in [2.24, 2.45) is 14.1 Å². The lowest BCUT2D eigenvalue weighted by Crippen LogP contribution is -2.19. The topological polar surface area (TPSA) is 48.2 Å². The number of rotatable bonds is 4. The first-order valence-electron chi connectivity index (χ1n) is 7.48. The summed E-state index contributed by atoms with van der Waals surface area (Å²) in [6.07, 6.45) is -4.69. The Morgan fingerprint density at radius 1 is 1.00 bits per heavy atom. The maximum Gasteiger partial charge on any atom is 0.573 e. The first kappa shape index (κ1) is 16.9. The van der Waals surface area contributed by atoms with Gasteiger partial charge >= 0.3 is 12.1 Å². The number of aryl methyl sites for hydroxylation is 2. The Balaban J connectivity index is 1.72. The van der Waals surface area contributed by atoms with E-state index >= 15 is 0 Å². The molecule has 8 heteroatoms. The van der Waals surface area contributed by atoms with E-state index in [1.54, 1.807) is 35.4 Å². The molecule has 5 nitrogen and oxygen atoms in total. The van der Waals surface area contributed by atoms with Gasteiger partial charge in [0.2, 0.25) is 0 Å². The summed E-state index contributed by atoms with van der Waals surface area (Å²) in [4.78, 5) is 11.9. The average Bonchev–Trinajstić information content (AvgIpc) is 2.77. The Morgan fingerprint density at radius 2 is 1.64 bits per heavy atom. The van der Waals surface area contributed by atoms with Gasteiger partial charge in [0.1, 0.15) is 5.75 Å². The number of ether oxygens (including phenoxy) is 1. The maximum absolute atomic E-state index is 12.1. The minimum Gasteiger partial charge on any atom is -0.406 e. The molecule has 3 rings (SSSR count). The van der Waals surface area contributed by atoms with Crippen molar-refractivity contribution in [1.29, 1.82) is 0 Å². The van der Waals surface area contributed by atoms with E-state index in [1.165, 1.54) is 12.1 Å². The second-order valence-corrected chi connectivity index (χ2v) is 5.65. The fourth-order valence-electron chi connectivity index (χ4n) is 2.63. The molecule has 0 aliphatic heterocycles. The summed E-state index contributed by atoms with van der Waals surface area (Å²) < 4.78 is 43.4. The fraction of sp³-hybridized carbons (Fsp3) is 0.235. The zero-order chi connectivity index (χ0) is 18.2. The summed E-state index contributed by atoms with van der Waals surface area (Å²) in [5.41, 5.74) is 3.13.